The number of halogens is 3. The third-order valence-corrected chi connectivity index (χ3v) is 6.03. The molecule has 2 fully saturated rings. The van der Waals surface area contributed by atoms with Crippen LogP contribution < -0.4 is 10.1 Å². The molecule has 1 unspecified atom stereocenters. The number of alkyl halides is 2. The Morgan fingerprint density at radius 1 is 1.17 bits per heavy atom. The van der Waals surface area contributed by atoms with Gasteiger partial charge in [0.25, 0.3) is 17.7 Å². The zero-order chi connectivity index (χ0) is 21.5. The average molecular weight is 479 g/mol. The zero-order valence-corrected chi connectivity index (χ0v) is 17.9. The predicted octanol–water partition coefficient (Wildman–Crippen LogP) is 4.57. The zero-order valence-electron chi connectivity index (χ0n) is 16.3. The molecule has 1 saturated heterocycles. The fourth-order valence-corrected chi connectivity index (χ4v) is 4.08. The molecule has 8 heteroatoms. The van der Waals surface area contributed by atoms with E-state index in [4.69, 9.17) is 4.74 Å². The van der Waals surface area contributed by atoms with Gasteiger partial charge in [-0.15, -0.1) is 0 Å². The highest BCUT2D eigenvalue weighted by atomic mass is 79.9. The van der Waals surface area contributed by atoms with Gasteiger partial charge in [-0.1, -0.05) is 12.1 Å². The van der Waals surface area contributed by atoms with Crippen LogP contribution in [0.2, 0.25) is 0 Å². The van der Waals surface area contributed by atoms with Crippen LogP contribution in [0.25, 0.3) is 0 Å². The second-order valence-electron chi connectivity index (χ2n) is 7.73. The monoisotopic (exact) mass is 478 g/mol. The summed E-state index contributed by atoms with van der Waals surface area (Å²) in [4.78, 5) is 26.7. The maximum absolute atomic E-state index is 14.3. The van der Waals surface area contributed by atoms with E-state index >= 15 is 0 Å². The van der Waals surface area contributed by atoms with Crippen LogP contribution in [-0.2, 0) is 0 Å². The summed E-state index contributed by atoms with van der Waals surface area (Å²) >= 11 is 3.32. The van der Waals surface area contributed by atoms with Crippen molar-refractivity contribution in [1.29, 1.82) is 0 Å². The molecule has 2 amide bonds. The van der Waals surface area contributed by atoms with Crippen molar-refractivity contribution < 1.29 is 23.1 Å². The maximum atomic E-state index is 14.3. The molecule has 2 aliphatic rings. The molecule has 1 atom stereocenters. The van der Waals surface area contributed by atoms with E-state index in [9.17, 15) is 18.4 Å². The van der Waals surface area contributed by atoms with E-state index in [1.54, 1.807) is 36.4 Å². The number of hydrogen-bond donors (Lipinski definition) is 1. The SMILES string of the molecule is COc1cc(C(=O)N2CC(F)(F)CC2c2cccc(C(=O)NC3CC3)c2)ccc1Br. The number of ether oxygens (including phenoxy) is 1. The van der Waals surface area contributed by atoms with E-state index in [2.05, 4.69) is 21.2 Å². The summed E-state index contributed by atoms with van der Waals surface area (Å²) in [5, 5.41) is 2.90. The van der Waals surface area contributed by atoms with Crippen molar-refractivity contribution in [1.82, 2.24) is 10.2 Å². The van der Waals surface area contributed by atoms with Crippen LogP contribution in [0.1, 0.15) is 51.6 Å². The summed E-state index contributed by atoms with van der Waals surface area (Å²) in [7, 11) is 1.47. The van der Waals surface area contributed by atoms with E-state index in [1.165, 1.54) is 18.1 Å². The minimum Gasteiger partial charge on any atom is -0.496 e. The van der Waals surface area contributed by atoms with Gasteiger partial charge in [0.15, 0.2) is 0 Å². The van der Waals surface area contributed by atoms with Gasteiger partial charge in [-0.25, -0.2) is 8.78 Å². The van der Waals surface area contributed by atoms with Gasteiger partial charge in [0.1, 0.15) is 5.75 Å². The molecule has 2 aromatic carbocycles. The van der Waals surface area contributed by atoms with Crippen molar-refractivity contribution in [2.45, 2.75) is 37.3 Å². The van der Waals surface area contributed by atoms with Crippen LogP contribution in [0.3, 0.4) is 0 Å². The van der Waals surface area contributed by atoms with Crippen molar-refractivity contribution in [3.8, 4) is 5.75 Å². The molecule has 0 bridgehead atoms. The molecule has 0 spiro atoms. The highest BCUT2D eigenvalue weighted by Crippen LogP contribution is 2.42. The molecule has 4 rings (SSSR count). The van der Waals surface area contributed by atoms with Gasteiger partial charge >= 0.3 is 0 Å². The second kappa shape index (κ2) is 7.98. The van der Waals surface area contributed by atoms with E-state index in [1.807, 2.05) is 0 Å². The van der Waals surface area contributed by atoms with Crippen LogP contribution >= 0.6 is 15.9 Å². The summed E-state index contributed by atoms with van der Waals surface area (Å²) in [6.45, 7) is -0.673. The Kier molecular flexibility index (Phi) is 5.53. The van der Waals surface area contributed by atoms with Crippen molar-refractivity contribution in [2.75, 3.05) is 13.7 Å². The smallest absolute Gasteiger partial charge is 0.267 e. The molecule has 30 heavy (non-hydrogen) atoms. The van der Waals surface area contributed by atoms with Gasteiger partial charge in [-0.3, -0.25) is 9.59 Å². The molecular weight excluding hydrogens is 458 g/mol. The number of likely N-dealkylation sites (tertiary alicyclic amines) is 1. The molecule has 1 heterocycles. The standard InChI is InChI=1S/C22H21BrF2N2O3/c1-30-19-10-15(5-8-17(19)23)21(29)27-12-22(24,25)11-18(27)13-3-2-4-14(9-13)20(28)26-16-6-7-16/h2-5,8-10,16,18H,6-7,11-12H2,1H3,(H,26,28). The molecule has 1 aliphatic carbocycles. The van der Waals surface area contributed by atoms with Gasteiger partial charge in [0.2, 0.25) is 0 Å². The number of carbonyl (C=O) groups is 2. The average Bonchev–Trinajstić information content (AvgIpc) is 3.48. The first kappa shape index (κ1) is 20.8. The largest absolute Gasteiger partial charge is 0.496 e. The van der Waals surface area contributed by atoms with Crippen LogP contribution in [0.5, 0.6) is 5.75 Å². The molecule has 0 aromatic heterocycles. The van der Waals surface area contributed by atoms with Gasteiger partial charge in [0, 0.05) is 23.6 Å². The number of nitrogens with one attached hydrogen (secondary N) is 1. The molecule has 1 aliphatic heterocycles. The summed E-state index contributed by atoms with van der Waals surface area (Å²) in [6.07, 6.45) is 1.43. The summed E-state index contributed by atoms with van der Waals surface area (Å²) in [5.41, 5.74) is 1.20. The Morgan fingerprint density at radius 2 is 1.93 bits per heavy atom. The maximum Gasteiger partial charge on any atom is 0.267 e. The van der Waals surface area contributed by atoms with Gasteiger partial charge in [-0.2, -0.15) is 0 Å². The van der Waals surface area contributed by atoms with E-state index in [0.29, 0.717) is 21.3 Å². The van der Waals surface area contributed by atoms with Gasteiger partial charge < -0.3 is 15.0 Å². The number of amides is 2. The van der Waals surface area contributed by atoms with E-state index < -0.39 is 30.8 Å². The van der Waals surface area contributed by atoms with Gasteiger partial charge in [0.05, 0.1) is 24.2 Å². The Morgan fingerprint density at radius 3 is 2.63 bits per heavy atom. The Hall–Kier alpha value is -2.48. The molecular formula is C22H21BrF2N2O3. The highest BCUT2D eigenvalue weighted by molar-refractivity contribution is 9.10. The van der Waals surface area contributed by atoms with Crippen LogP contribution in [-0.4, -0.2) is 42.3 Å². The Labute approximate surface area is 181 Å². The van der Waals surface area contributed by atoms with Gasteiger partial charge in [-0.05, 0) is 64.7 Å². The molecule has 0 radical (unpaired) electrons. The summed E-state index contributed by atoms with van der Waals surface area (Å²) < 4.78 is 34.6. The second-order valence-corrected chi connectivity index (χ2v) is 8.59. The predicted molar refractivity (Wildman–Crippen MR) is 111 cm³/mol. The lowest BCUT2D eigenvalue weighted by atomic mass is 10.00. The first-order valence-corrected chi connectivity index (χ1v) is 10.5. The van der Waals surface area contributed by atoms with Crippen molar-refractivity contribution in [3.05, 3.63) is 63.6 Å². The third-order valence-electron chi connectivity index (χ3n) is 5.37. The third kappa shape index (κ3) is 4.33. The first-order chi connectivity index (χ1) is 14.3. The normalized spacial score (nSPS) is 20.1. The van der Waals surface area contributed by atoms with E-state index in [0.717, 1.165) is 12.8 Å². The lowest BCUT2D eigenvalue weighted by Crippen LogP contribution is -2.33. The molecule has 2 aromatic rings. The lowest BCUT2D eigenvalue weighted by molar-refractivity contribution is 0.0118. The lowest BCUT2D eigenvalue weighted by Gasteiger charge is -2.25. The number of nitrogens with zero attached hydrogens (tertiary/aromatic N) is 1. The quantitative estimate of drug-likeness (QED) is 0.684. The molecule has 1 saturated carbocycles. The highest BCUT2D eigenvalue weighted by Gasteiger charge is 2.47. The van der Waals surface area contributed by atoms with Crippen molar-refractivity contribution >= 4 is 27.7 Å². The number of rotatable bonds is 5. The Bertz CT molecular complexity index is 994. The summed E-state index contributed by atoms with van der Waals surface area (Å²) in [5.74, 6) is -3.29. The summed E-state index contributed by atoms with van der Waals surface area (Å²) in [6, 6.07) is 10.7. The Balaban J connectivity index is 1.63. The number of methoxy groups -OCH3 is 1. The van der Waals surface area contributed by atoms with Crippen LogP contribution in [0.4, 0.5) is 8.78 Å². The molecule has 1 N–H and O–H groups in total. The fourth-order valence-electron chi connectivity index (χ4n) is 3.67. The van der Waals surface area contributed by atoms with Crippen LogP contribution in [0.15, 0.2) is 46.9 Å². The van der Waals surface area contributed by atoms with Crippen molar-refractivity contribution in [3.63, 3.8) is 0 Å². The van der Waals surface area contributed by atoms with Crippen molar-refractivity contribution in [2.24, 2.45) is 0 Å². The molecule has 5 nitrogen and oxygen atoms in total. The molecule has 158 valence electrons. The number of carbonyl (C=O) groups excluding carboxylic acids is 2. The minimum atomic E-state index is -3.01. The number of benzene rings is 2. The number of hydrogen-bond acceptors (Lipinski definition) is 3. The topological polar surface area (TPSA) is 58.6 Å². The fraction of sp³-hybridized carbons (Fsp3) is 0.364. The first-order valence-electron chi connectivity index (χ1n) is 9.70. The van der Waals surface area contributed by atoms with Crippen LogP contribution in [0, 0.1) is 0 Å². The van der Waals surface area contributed by atoms with E-state index in [-0.39, 0.29) is 17.5 Å². The minimum absolute atomic E-state index is 0.197.